The quantitative estimate of drug-likeness (QED) is 0.288. The van der Waals surface area contributed by atoms with Gasteiger partial charge in [0.15, 0.2) is 5.96 Å². The monoisotopic (exact) mass is 512 g/mol. The molecular formula is C19H28F3IN4O. The Balaban J connectivity index is 0.00000392. The number of alkyl halides is 3. The Morgan fingerprint density at radius 3 is 2.57 bits per heavy atom. The Bertz CT molecular complexity index is 646. The zero-order chi connectivity index (χ0) is 19.7. The van der Waals surface area contributed by atoms with Gasteiger partial charge in [0.2, 0.25) is 5.91 Å². The molecule has 0 aliphatic heterocycles. The number of carbonyl (C=O) groups is 1. The van der Waals surface area contributed by atoms with E-state index in [0.29, 0.717) is 19.0 Å². The third kappa shape index (κ3) is 9.11. The summed E-state index contributed by atoms with van der Waals surface area (Å²) < 4.78 is 36.8. The summed E-state index contributed by atoms with van der Waals surface area (Å²) in [5, 5.41) is 8.55. The van der Waals surface area contributed by atoms with Crippen molar-refractivity contribution in [3.8, 4) is 0 Å². The molecule has 1 saturated carbocycles. The van der Waals surface area contributed by atoms with Crippen molar-refractivity contribution in [2.24, 2.45) is 10.9 Å². The van der Waals surface area contributed by atoms with Crippen molar-refractivity contribution in [3.63, 3.8) is 0 Å². The predicted octanol–water partition coefficient (Wildman–Crippen LogP) is 4.44. The second-order valence-corrected chi connectivity index (χ2v) is 6.66. The first-order valence-electron chi connectivity index (χ1n) is 9.36. The van der Waals surface area contributed by atoms with Gasteiger partial charge in [-0.15, -0.1) is 24.0 Å². The number of rotatable bonds is 7. The SMILES string of the molecule is CCNC(=NCc1cccc(NC(=O)C2CCCC2)c1)NCCC(F)(F)F.I. The minimum atomic E-state index is -4.20. The first-order valence-corrected chi connectivity index (χ1v) is 9.36. The number of benzene rings is 1. The topological polar surface area (TPSA) is 65.5 Å². The number of aliphatic imine (C=N–C) groups is 1. The molecule has 1 aliphatic rings. The summed E-state index contributed by atoms with van der Waals surface area (Å²) in [4.78, 5) is 16.5. The van der Waals surface area contributed by atoms with Crippen LogP contribution in [0.2, 0.25) is 0 Å². The lowest BCUT2D eigenvalue weighted by molar-refractivity contribution is -0.132. The van der Waals surface area contributed by atoms with Gasteiger partial charge in [-0.25, -0.2) is 4.99 Å². The summed E-state index contributed by atoms with van der Waals surface area (Å²) in [5.41, 5.74) is 1.59. The summed E-state index contributed by atoms with van der Waals surface area (Å²) in [6.07, 6.45) is -1.05. The van der Waals surface area contributed by atoms with E-state index in [1.165, 1.54) is 0 Å². The molecule has 3 N–H and O–H groups in total. The van der Waals surface area contributed by atoms with Crippen LogP contribution in [0, 0.1) is 5.92 Å². The van der Waals surface area contributed by atoms with Gasteiger partial charge in [-0.3, -0.25) is 4.79 Å². The van der Waals surface area contributed by atoms with Gasteiger partial charge in [-0.1, -0.05) is 25.0 Å². The summed E-state index contributed by atoms with van der Waals surface area (Å²) in [6, 6.07) is 7.37. The molecule has 9 heteroatoms. The summed E-state index contributed by atoms with van der Waals surface area (Å²) >= 11 is 0. The van der Waals surface area contributed by atoms with Crippen LogP contribution in [-0.4, -0.2) is 31.1 Å². The number of anilines is 1. The molecular weight excluding hydrogens is 484 g/mol. The molecule has 0 aromatic heterocycles. The predicted molar refractivity (Wildman–Crippen MR) is 116 cm³/mol. The number of nitrogens with zero attached hydrogens (tertiary/aromatic N) is 1. The fraction of sp³-hybridized carbons (Fsp3) is 0.579. The zero-order valence-corrected chi connectivity index (χ0v) is 18.3. The second kappa shape index (κ2) is 12.1. The molecule has 158 valence electrons. The van der Waals surface area contributed by atoms with Crippen LogP contribution in [0.4, 0.5) is 18.9 Å². The number of hydrogen-bond acceptors (Lipinski definition) is 2. The summed E-state index contributed by atoms with van der Waals surface area (Å²) in [6.45, 7) is 2.47. The molecule has 0 bridgehead atoms. The third-order valence-electron chi connectivity index (χ3n) is 4.39. The van der Waals surface area contributed by atoms with Crippen LogP contribution in [-0.2, 0) is 11.3 Å². The smallest absolute Gasteiger partial charge is 0.357 e. The summed E-state index contributed by atoms with van der Waals surface area (Å²) in [5.74, 6) is 0.474. The first kappa shape index (κ1) is 24.5. The van der Waals surface area contributed by atoms with Crippen LogP contribution in [0.1, 0.15) is 44.6 Å². The van der Waals surface area contributed by atoms with E-state index in [1.54, 1.807) is 0 Å². The number of halogens is 4. The average Bonchev–Trinajstić information content (AvgIpc) is 3.14. The number of amides is 1. The third-order valence-corrected chi connectivity index (χ3v) is 4.39. The Kier molecular flexibility index (Phi) is 10.6. The standard InChI is InChI=1S/C19H27F3N4O.HI/c1-2-23-18(24-11-10-19(20,21)22)25-13-14-6-5-9-16(12-14)26-17(27)15-7-3-4-8-15;/h5-6,9,12,15H,2-4,7-8,10-11,13H2,1H3,(H,26,27)(H2,23,24,25);1H. The molecule has 1 amide bonds. The van der Waals surface area contributed by atoms with Crippen molar-refractivity contribution in [3.05, 3.63) is 29.8 Å². The van der Waals surface area contributed by atoms with E-state index in [4.69, 9.17) is 0 Å². The molecule has 28 heavy (non-hydrogen) atoms. The molecule has 1 fully saturated rings. The Labute approximate surface area is 181 Å². The maximum Gasteiger partial charge on any atom is 0.390 e. The highest BCUT2D eigenvalue weighted by molar-refractivity contribution is 14.0. The highest BCUT2D eigenvalue weighted by atomic mass is 127. The Morgan fingerprint density at radius 2 is 1.93 bits per heavy atom. The lowest BCUT2D eigenvalue weighted by Crippen LogP contribution is -2.38. The zero-order valence-electron chi connectivity index (χ0n) is 15.9. The largest absolute Gasteiger partial charge is 0.390 e. The van der Waals surface area contributed by atoms with E-state index in [-0.39, 0.29) is 42.3 Å². The minimum Gasteiger partial charge on any atom is -0.357 e. The first-order chi connectivity index (χ1) is 12.9. The number of carbonyl (C=O) groups excluding carboxylic acids is 1. The van der Waals surface area contributed by atoms with E-state index in [2.05, 4.69) is 20.9 Å². The second-order valence-electron chi connectivity index (χ2n) is 6.66. The highest BCUT2D eigenvalue weighted by Crippen LogP contribution is 2.26. The molecule has 5 nitrogen and oxygen atoms in total. The number of guanidine groups is 1. The van der Waals surface area contributed by atoms with Crippen molar-refractivity contribution in [2.45, 2.75) is 51.7 Å². The molecule has 2 rings (SSSR count). The molecule has 0 heterocycles. The van der Waals surface area contributed by atoms with Gasteiger partial charge in [0.25, 0.3) is 0 Å². The minimum absolute atomic E-state index is 0. The van der Waals surface area contributed by atoms with Crippen LogP contribution in [0.15, 0.2) is 29.3 Å². The van der Waals surface area contributed by atoms with Crippen LogP contribution >= 0.6 is 24.0 Å². The van der Waals surface area contributed by atoms with Gasteiger partial charge >= 0.3 is 6.18 Å². The highest BCUT2D eigenvalue weighted by Gasteiger charge is 2.26. The maximum absolute atomic E-state index is 12.3. The van der Waals surface area contributed by atoms with Crippen LogP contribution in [0.5, 0.6) is 0 Å². The molecule has 0 unspecified atom stereocenters. The fourth-order valence-corrected chi connectivity index (χ4v) is 3.01. The van der Waals surface area contributed by atoms with E-state index in [9.17, 15) is 18.0 Å². The van der Waals surface area contributed by atoms with Crippen molar-refractivity contribution in [2.75, 3.05) is 18.4 Å². The molecule has 1 aromatic carbocycles. The van der Waals surface area contributed by atoms with Crippen LogP contribution in [0.3, 0.4) is 0 Å². The van der Waals surface area contributed by atoms with E-state index in [1.807, 2.05) is 31.2 Å². The molecule has 0 spiro atoms. The van der Waals surface area contributed by atoms with Crippen molar-refractivity contribution in [1.82, 2.24) is 10.6 Å². The molecule has 0 radical (unpaired) electrons. The van der Waals surface area contributed by atoms with Gasteiger partial charge < -0.3 is 16.0 Å². The van der Waals surface area contributed by atoms with E-state index < -0.39 is 12.6 Å². The fourth-order valence-electron chi connectivity index (χ4n) is 3.01. The van der Waals surface area contributed by atoms with Crippen LogP contribution < -0.4 is 16.0 Å². The maximum atomic E-state index is 12.3. The van der Waals surface area contributed by atoms with Crippen molar-refractivity contribution >= 4 is 41.5 Å². The number of hydrogen-bond donors (Lipinski definition) is 3. The lowest BCUT2D eigenvalue weighted by atomic mass is 10.1. The van der Waals surface area contributed by atoms with E-state index in [0.717, 1.165) is 36.9 Å². The van der Waals surface area contributed by atoms with Gasteiger partial charge in [-0.2, -0.15) is 13.2 Å². The van der Waals surface area contributed by atoms with Crippen molar-refractivity contribution in [1.29, 1.82) is 0 Å². The van der Waals surface area contributed by atoms with Gasteiger partial charge in [0.05, 0.1) is 13.0 Å². The molecule has 1 aromatic rings. The Hall–Kier alpha value is -1.52. The Morgan fingerprint density at radius 1 is 1.21 bits per heavy atom. The number of nitrogens with one attached hydrogen (secondary N) is 3. The average molecular weight is 512 g/mol. The van der Waals surface area contributed by atoms with Crippen molar-refractivity contribution < 1.29 is 18.0 Å². The normalized spacial score (nSPS) is 15.1. The van der Waals surface area contributed by atoms with Gasteiger partial charge in [0.1, 0.15) is 0 Å². The lowest BCUT2D eigenvalue weighted by Gasteiger charge is -2.13. The molecule has 1 aliphatic carbocycles. The summed E-state index contributed by atoms with van der Waals surface area (Å²) in [7, 11) is 0. The van der Waals surface area contributed by atoms with Crippen LogP contribution in [0.25, 0.3) is 0 Å². The van der Waals surface area contributed by atoms with Gasteiger partial charge in [0, 0.05) is 24.7 Å². The van der Waals surface area contributed by atoms with E-state index >= 15 is 0 Å². The molecule has 0 atom stereocenters. The molecule has 0 saturated heterocycles. The van der Waals surface area contributed by atoms with Gasteiger partial charge in [-0.05, 0) is 37.5 Å².